The summed E-state index contributed by atoms with van der Waals surface area (Å²) < 4.78 is 2.11. The van der Waals surface area contributed by atoms with E-state index >= 15 is 0 Å². The Bertz CT molecular complexity index is 720. The highest BCUT2D eigenvalue weighted by Crippen LogP contribution is 2.30. The molecule has 0 spiro atoms. The lowest BCUT2D eigenvalue weighted by molar-refractivity contribution is -0.139. The van der Waals surface area contributed by atoms with Crippen molar-refractivity contribution in [2.24, 2.45) is 7.05 Å². The van der Waals surface area contributed by atoms with Crippen LogP contribution in [0.2, 0.25) is 0 Å². The van der Waals surface area contributed by atoms with Gasteiger partial charge < -0.3 is 15.0 Å². The van der Waals surface area contributed by atoms with E-state index in [-0.39, 0.29) is 0 Å². The monoisotopic (exact) mass is 301 g/mol. The molecule has 1 aliphatic rings. The number of aromatic nitrogens is 1. The van der Waals surface area contributed by atoms with Gasteiger partial charge in [0.25, 0.3) is 0 Å². The maximum Gasteiger partial charge on any atom is 0.321 e. The van der Waals surface area contributed by atoms with Gasteiger partial charge in [-0.25, -0.2) is 0 Å². The zero-order valence-electron chi connectivity index (χ0n) is 13.4. The maximum atomic E-state index is 11.4. The van der Waals surface area contributed by atoms with E-state index in [9.17, 15) is 9.90 Å². The fourth-order valence-corrected chi connectivity index (χ4v) is 3.41. The first-order chi connectivity index (χ1) is 10.5. The van der Waals surface area contributed by atoms with Crippen LogP contribution in [-0.2, 0) is 31.4 Å². The Labute approximate surface area is 130 Å². The van der Waals surface area contributed by atoms with E-state index in [1.54, 1.807) is 0 Å². The lowest BCUT2D eigenvalue weighted by Gasteiger charge is -2.12. The highest BCUT2D eigenvalue weighted by Gasteiger charge is 2.22. The number of aryl methyl sites for hydroxylation is 1. The molecule has 118 valence electrons. The lowest BCUT2D eigenvalue weighted by atomic mass is 10.0. The molecule has 0 saturated heterocycles. The number of rotatable bonds is 5. The van der Waals surface area contributed by atoms with Crippen LogP contribution in [0.15, 0.2) is 18.3 Å². The van der Waals surface area contributed by atoms with E-state index in [1.165, 1.54) is 22.0 Å². The average molecular weight is 301 g/mol. The Kier molecular flexibility index (Phi) is 3.93. The number of benzene rings is 1. The van der Waals surface area contributed by atoms with Crippen molar-refractivity contribution < 1.29 is 9.90 Å². The van der Waals surface area contributed by atoms with Crippen molar-refractivity contribution in [1.29, 1.82) is 0 Å². The topological polar surface area (TPSA) is 57.5 Å². The minimum absolute atomic E-state index is 0.509. The van der Waals surface area contributed by atoms with Gasteiger partial charge in [0.15, 0.2) is 0 Å². The van der Waals surface area contributed by atoms with E-state index in [0.29, 0.717) is 13.0 Å². The van der Waals surface area contributed by atoms with Gasteiger partial charge in [-0.2, -0.15) is 0 Å². The summed E-state index contributed by atoms with van der Waals surface area (Å²) in [5.41, 5.74) is 5.02. The number of likely N-dealkylation sites (N-methyl/N-ethyl adjacent to an activating group) is 1. The summed E-state index contributed by atoms with van der Waals surface area (Å²) in [6.07, 6.45) is 2.58. The predicted octanol–water partition coefficient (Wildman–Crippen LogP) is 1.73. The molecule has 0 aliphatic carbocycles. The molecule has 22 heavy (non-hydrogen) atoms. The SMILES string of the molecule is CCNC(Cc1cn(C)c2cc3c(cc12)CN(C)C3)C(=O)O. The van der Waals surface area contributed by atoms with Gasteiger partial charge in [-0.15, -0.1) is 0 Å². The molecule has 0 fully saturated rings. The number of aliphatic carboxylic acids is 1. The van der Waals surface area contributed by atoms with Crippen LogP contribution in [0.1, 0.15) is 23.6 Å². The zero-order chi connectivity index (χ0) is 15.9. The lowest BCUT2D eigenvalue weighted by Crippen LogP contribution is -2.38. The summed E-state index contributed by atoms with van der Waals surface area (Å²) in [6.45, 7) is 4.54. The quantitative estimate of drug-likeness (QED) is 0.883. The molecule has 1 aromatic heterocycles. The van der Waals surface area contributed by atoms with Gasteiger partial charge in [-0.3, -0.25) is 9.69 Å². The Balaban J connectivity index is 2.00. The standard InChI is InChI=1S/C17H23N3O2/c1-4-18-15(17(21)22)6-13-10-20(3)16-7-12-9-19(2)8-11(12)5-14(13)16/h5,7,10,15,18H,4,6,8-9H2,1-3H3,(H,21,22). The number of fused-ring (bicyclic) bond motifs is 2. The van der Waals surface area contributed by atoms with Crippen molar-refractivity contribution in [3.05, 3.63) is 35.0 Å². The summed E-state index contributed by atoms with van der Waals surface area (Å²) in [7, 11) is 4.15. The highest BCUT2D eigenvalue weighted by molar-refractivity contribution is 5.86. The first-order valence-corrected chi connectivity index (χ1v) is 7.74. The highest BCUT2D eigenvalue weighted by atomic mass is 16.4. The van der Waals surface area contributed by atoms with Gasteiger partial charge in [0.2, 0.25) is 0 Å². The van der Waals surface area contributed by atoms with Crippen molar-refractivity contribution >= 4 is 16.9 Å². The maximum absolute atomic E-state index is 11.4. The molecule has 3 rings (SSSR count). The minimum Gasteiger partial charge on any atom is -0.480 e. The normalized spacial score (nSPS) is 16.1. The van der Waals surface area contributed by atoms with Crippen LogP contribution in [0.4, 0.5) is 0 Å². The van der Waals surface area contributed by atoms with Crippen LogP contribution >= 0.6 is 0 Å². The molecule has 1 atom stereocenters. The van der Waals surface area contributed by atoms with Crippen molar-refractivity contribution in [1.82, 2.24) is 14.8 Å². The molecule has 0 saturated carbocycles. The van der Waals surface area contributed by atoms with E-state index < -0.39 is 12.0 Å². The van der Waals surface area contributed by atoms with Crippen molar-refractivity contribution in [2.75, 3.05) is 13.6 Å². The van der Waals surface area contributed by atoms with E-state index in [2.05, 4.69) is 40.2 Å². The molecule has 2 heterocycles. The predicted molar refractivity (Wildman–Crippen MR) is 86.9 cm³/mol. The van der Waals surface area contributed by atoms with Crippen molar-refractivity contribution in [3.8, 4) is 0 Å². The number of hydrogen-bond acceptors (Lipinski definition) is 3. The van der Waals surface area contributed by atoms with Gasteiger partial charge in [-0.05, 0) is 42.4 Å². The summed E-state index contributed by atoms with van der Waals surface area (Å²) in [5.74, 6) is -0.792. The second kappa shape index (κ2) is 5.74. The van der Waals surface area contributed by atoms with Gasteiger partial charge in [0.1, 0.15) is 6.04 Å². The summed E-state index contributed by atoms with van der Waals surface area (Å²) >= 11 is 0. The molecule has 0 radical (unpaired) electrons. The van der Waals surface area contributed by atoms with Gasteiger partial charge in [-0.1, -0.05) is 6.92 Å². The van der Waals surface area contributed by atoms with Crippen molar-refractivity contribution in [2.45, 2.75) is 32.5 Å². The van der Waals surface area contributed by atoms with Crippen LogP contribution < -0.4 is 5.32 Å². The van der Waals surface area contributed by atoms with Crippen LogP contribution in [-0.4, -0.2) is 40.2 Å². The third-order valence-electron chi connectivity index (χ3n) is 4.45. The van der Waals surface area contributed by atoms with E-state index in [1.807, 2.05) is 14.0 Å². The number of nitrogens with zero attached hydrogens (tertiary/aromatic N) is 2. The number of nitrogens with one attached hydrogen (secondary N) is 1. The molecule has 1 aromatic carbocycles. The summed E-state index contributed by atoms with van der Waals surface area (Å²) in [6, 6.07) is 3.96. The van der Waals surface area contributed by atoms with Gasteiger partial charge >= 0.3 is 5.97 Å². The van der Waals surface area contributed by atoms with Crippen LogP contribution in [0.3, 0.4) is 0 Å². The number of carboxylic acid groups (broad SMARTS) is 1. The minimum atomic E-state index is -0.792. The molecule has 2 N–H and O–H groups in total. The molecule has 1 unspecified atom stereocenters. The summed E-state index contributed by atoms with van der Waals surface area (Å²) in [4.78, 5) is 13.7. The Hall–Kier alpha value is -1.85. The fourth-order valence-electron chi connectivity index (χ4n) is 3.41. The molecule has 0 bridgehead atoms. The first kappa shape index (κ1) is 15.1. The van der Waals surface area contributed by atoms with Crippen LogP contribution in [0.5, 0.6) is 0 Å². The third kappa shape index (κ3) is 2.62. The average Bonchev–Trinajstić information content (AvgIpc) is 2.96. The van der Waals surface area contributed by atoms with Gasteiger partial charge in [0.05, 0.1) is 0 Å². The van der Waals surface area contributed by atoms with Crippen LogP contribution in [0.25, 0.3) is 10.9 Å². The summed E-state index contributed by atoms with van der Waals surface area (Å²) in [5, 5.41) is 13.6. The second-order valence-corrected chi connectivity index (χ2v) is 6.23. The molecule has 0 amide bonds. The molecule has 1 aliphatic heterocycles. The Morgan fingerprint density at radius 1 is 1.32 bits per heavy atom. The third-order valence-corrected chi connectivity index (χ3v) is 4.45. The van der Waals surface area contributed by atoms with Crippen LogP contribution in [0, 0.1) is 0 Å². The second-order valence-electron chi connectivity index (χ2n) is 6.23. The molecular weight excluding hydrogens is 278 g/mol. The first-order valence-electron chi connectivity index (χ1n) is 7.74. The Morgan fingerprint density at radius 2 is 2.00 bits per heavy atom. The number of hydrogen-bond donors (Lipinski definition) is 2. The zero-order valence-corrected chi connectivity index (χ0v) is 13.4. The number of carbonyl (C=O) groups is 1. The Morgan fingerprint density at radius 3 is 2.64 bits per heavy atom. The molecule has 5 heteroatoms. The van der Waals surface area contributed by atoms with Gasteiger partial charge in [0, 0.05) is 43.7 Å². The van der Waals surface area contributed by atoms with E-state index in [4.69, 9.17) is 0 Å². The van der Waals surface area contributed by atoms with Crippen molar-refractivity contribution in [3.63, 3.8) is 0 Å². The largest absolute Gasteiger partial charge is 0.480 e. The number of carboxylic acids is 1. The molecule has 2 aromatic rings. The smallest absolute Gasteiger partial charge is 0.321 e. The van der Waals surface area contributed by atoms with E-state index in [0.717, 1.165) is 18.7 Å². The molecule has 5 nitrogen and oxygen atoms in total. The fraction of sp³-hybridized carbons (Fsp3) is 0.471. The molecular formula is C17H23N3O2.